The Balaban J connectivity index is 1.86. The molecule has 0 bridgehead atoms. The van der Waals surface area contributed by atoms with Crippen LogP contribution in [0.5, 0.6) is 11.5 Å². The number of hydrogen-bond donors (Lipinski definition) is 1. The van der Waals surface area contributed by atoms with Gasteiger partial charge in [-0.3, -0.25) is 4.79 Å². The van der Waals surface area contributed by atoms with Gasteiger partial charge >= 0.3 is 0 Å². The van der Waals surface area contributed by atoms with Gasteiger partial charge in [-0.05, 0) is 36.8 Å². The topological polar surface area (TPSA) is 84.9 Å². The summed E-state index contributed by atoms with van der Waals surface area (Å²) >= 11 is 0. The number of nitrogens with one attached hydrogen (secondary N) is 1. The Hall–Kier alpha value is -2.58. The van der Waals surface area contributed by atoms with Gasteiger partial charge < -0.3 is 14.8 Å². The normalized spacial score (nSPS) is 14.8. The maximum absolute atomic E-state index is 12.9. The quantitative estimate of drug-likeness (QED) is 0.772. The Morgan fingerprint density at radius 2 is 1.69 bits per heavy atom. The minimum atomic E-state index is -3.66. The molecule has 1 aliphatic rings. The first kappa shape index (κ1) is 21.1. The molecular formula is C21H26N2O5S. The molecule has 3 rings (SSSR count). The molecule has 2 aromatic carbocycles. The van der Waals surface area contributed by atoms with Crippen LogP contribution in [0.15, 0.2) is 41.3 Å². The Bertz CT molecular complexity index is 1040. The highest BCUT2D eigenvalue weighted by atomic mass is 32.2. The SMILES string of the molecule is CCN(CC)S(=O)(=O)c1cc(C(=O)Nc2ccc3c(c2)OC(C)(C)O3)ccc1C. The van der Waals surface area contributed by atoms with Crippen molar-refractivity contribution in [2.24, 2.45) is 0 Å². The molecule has 0 fully saturated rings. The van der Waals surface area contributed by atoms with Crippen LogP contribution in [0, 0.1) is 6.92 Å². The summed E-state index contributed by atoms with van der Waals surface area (Å²) in [6.07, 6.45) is 0. The number of sulfonamides is 1. The Morgan fingerprint density at radius 1 is 1.03 bits per heavy atom. The van der Waals surface area contributed by atoms with Gasteiger partial charge in [-0.2, -0.15) is 4.31 Å². The van der Waals surface area contributed by atoms with E-state index in [1.165, 1.54) is 10.4 Å². The molecule has 0 aliphatic carbocycles. The average molecular weight is 419 g/mol. The summed E-state index contributed by atoms with van der Waals surface area (Å²) < 4.78 is 38.5. The van der Waals surface area contributed by atoms with Gasteiger partial charge in [-0.1, -0.05) is 19.9 Å². The second-order valence-electron chi connectivity index (χ2n) is 7.29. The predicted octanol–water partition coefficient (Wildman–Crippen LogP) is 3.79. The summed E-state index contributed by atoms with van der Waals surface area (Å²) in [5.41, 5.74) is 1.39. The molecule has 1 N–H and O–H groups in total. The van der Waals surface area contributed by atoms with Gasteiger partial charge in [0.2, 0.25) is 15.8 Å². The Morgan fingerprint density at radius 3 is 2.34 bits per heavy atom. The van der Waals surface area contributed by atoms with E-state index in [0.29, 0.717) is 35.8 Å². The fraction of sp³-hybridized carbons (Fsp3) is 0.381. The number of amides is 1. The van der Waals surface area contributed by atoms with Crippen molar-refractivity contribution >= 4 is 21.6 Å². The second-order valence-corrected chi connectivity index (χ2v) is 9.20. The summed E-state index contributed by atoms with van der Waals surface area (Å²) in [6, 6.07) is 9.81. The van der Waals surface area contributed by atoms with Crippen LogP contribution in [0.4, 0.5) is 5.69 Å². The number of carbonyl (C=O) groups is 1. The van der Waals surface area contributed by atoms with Gasteiger partial charge in [0, 0.05) is 44.3 Å². The van der Waals surface area contributed by atoms with Gasteiger partial charge in [0.05, 0.1) is 4.90 Å². The summed E-state index contributed by atoms with van der Waals surface area (Å²) in [7, 11) is -3.66. The predicted molar refractivity (Wildman–Crippen MR) is 111 cm³/mol. The second kappa shape index (κ2) is 7.68. The van der Waals surface area contributed by atoms with E-state index >= 15 is 0 Å². The molecule has 0 atom stereocenters. The van der Waals surface area contributed by atoms with E-state index in [9.17, 15) is 13.2 Å². The number of anilines is 1. The van der Waals surface area contributed by atoms with Crippen molar-refractivity contribution in [1.82, 2.24) is 4.31 Å². The number of fused-ring (bicyclic) bond motifs is 1. The standard InChI is InChI=1S/C21H26N2O5S/c1-6-23(7-2)29(25,26)19-12-15(9-8-14(19)3)20(24)22-16-10-11-17-18(13-16)28-21(4,5)27-17/h8-13H,6-7H2,1-5H3,(H,22,24). The zero-order valence-electron chi connectivity index (χ0n) is 17.3. The zero-order chi connectivity index (χ0) is 21.4. The number of aryl methyl sites for hydroxylation is 1. The molecule has 2 aromatic rings. The third-order valence-corrected chi connectivity index (χ3v) is 6.88. The molecule has 156 valence electrons. The number of benzene rings is 2. The lowest BCUT2D eigenvalue weighted by Crippen LogP contribution is -2.31. The first-order valence-corrected chi connectivity index (χ1v) is 11.0. The summed E-state index contributed by atoms with van der Waals surface area (Å²) in [5.74, 6) is -0.00753. The largest absolute Gasteiger partial charge is 0.449 e. The average Bonchev–Trinajstić information content (AvgIpc) is 2.95. The van der Waals surface area contributed by atoms with E-state index in [2.05, 4.69) is 5.32 Å². The highest BCUT2D eigenvalue weighted by Crippen LogP contribution is 2.40. The Labute approximate surface area is 171 Å². The highest BCUT2D eigenvalue weighted by Gasteiger charge is 2.32. The van der Waals surface area contributed by atoms with Gasteiger partial charge in [-0.25, -0.2) is 8.42 Å². The lowest BCUT2D eigenvalue weighted by molar-refractivity contribution is -0.0431. The lowest BCUT2D eigenvalue weighted by Gasteiger charge is -2.20. The van der Waals surface area contributed by atoms with Gasteiger partial charge in [-0.15, -0.1) is 0 Å². The molecular weight excluding hydrogens is 392 g/mol. The number of rotatable bonds is 6. The van der Waals surface area contributed by atoms with E-state index in [4.69, 9.17) is 9.47 Å². The number of hydrogen-bond acceptors (Lipinski definition) is 5. The van der Waals surface area contributed by atoms with Crippen molar-refractivity contribution in [1.29, 1.82) is 0 Å². The van der Waals surface area contributed by atoms with Gasteiger partial charge in [0.25, 0.3) is 5.91 Å². The number of ether oxygens (including phenoxy) is 2. The number of nitrogens with zero attached hydrogens (tertiary/aromatic N) is 1. The molecule has 0 unspecified atom stereocenters. The van der Waals surface area contributed by atoms with Crippen LogP contribution in [0.3, 0.4) is 0 Å². The van der Waals surface area contributed by atoms with E-state index in [0.717, 1.165) is 0 Å². The molecule has 1 heterocycles. The fourth-order valence-corrected chi connectivity index (χ4v) is 4.93. The van der Waals surface area contributed by atoms with Crippen molar-refractivity contribution in [2.75, 3.05) is 18.4 Å². The van der Waals surface area contributed by atoms with Crippen molar-refractivity contribution in [2.45, 2.75) is 45.3 Å². The van der Waals surface area contributed by atoms with Gasteiger partial charge in [0.15, 0.2) is 11.5 Å². The van der Waals surface area contributed by atoms with E-state index in [-0.39, 0.29) is 10.5 Å². The highest BCUT2D eigenvalue weighted by molar-refractivity contribution is 7.89. The van der Waals surface area contributed by atoms with Crippen LogP contribution < -0.4 is 14.8 Å². The third kappa shape index (κ3) is 4.23. The monoisotopic (exact) mass is 418 g/mol. The molecule has 0 saturated heterocycles. The molecule has 0 aromatic heterocycles. The maximum atomic E-state index is 12.9. The van der Waals surface area contributed by atoms with E-state index < -0.39 is 21.7 Å². The van der Waals surface area contributed by atoms with Crippen LogP contribution in [0.1, 0.15) is 43.6 Å². The summed E-state index contributed by atoms with van der Waals surface area (Å²) in [5, 5.41) is 2.79. The van der Waals surface area contributed by atoms with E-state index in [1.807, 2.05) is 0 Å². The maximum Gasteiger partial charge on any atom is 0.255 e. The van der Waals surface area contributed by atoms with Crippen molar-refractivity contribution in [3.63, 3.8) is 0 Å². The smallest absolute Gasteiger partial charge is 0.255 e. The fourth-order valence-electron chi connectivity index (χ4n) is 3.23. The first-order valence-electron chi connectivity index (χ1n) is 9.51. The van der Waals surface area contributed by atoms with Crippen LogP contribution in [0.25, 0.3) is 0 Å². The molecule has 0 spiro atoms. The van der Waals surface area contributed by atoms with Crippen molar-refractivity contribution in [3.05, 3.63) is 47.5 Å². The third-order valence-electron chi connectivity index (χ3n) is 4.69. The first-order chi connectivity index (χ1) is 13.6. The van der Waals surface area contributed by atoms with Crippen molar-refractivity contribution in [3.8, 4) is 11.5 Å². The minimum Gasteiger partial charge on any atom is -0.449 e. The molecule has 7 nitrogen and oxygen atoms in total. The van der Waals surface area contributed by atoms with Crippen LogP contribution in [-0.4, -0.2) is 37.5 Å². The molecule has 0 saturated carbocycles. The summed E-state index contributed by atoms with van der Waals surface area (Å²) in [4.78, 5) is 12.9. The lowest BCUT2D eigenvalue weighted by atomic mass is 10.1. The molecule has 0 radical (unpaired) electrons. The van der Waals surface area contributed by atoms with E-state index in [1.54, 1.807) is 65.0 Å². The van der Waals surface area contributed by atoms with Crippen LogP contribution in [-0.2, 0) is 10.0 Å². The molecule has 1 amide bonds. The number of carbonyl (C=O) groups excluding carboxylic acids is 1. The molecule has 1 aliphatic heterocycles. The molecule has 8 heteroatoms. The van der Waals surface area contributed by atoms with Crippen LogP contribution in [0.2, 0.25) is 0 Å². The zero-order valence-corrected chi connectivity index (χ0v) is 18.1. The van der Waals surface area contributed by atoms with Crippen LogP contribution >= 0.6 is 0 Å². The Kier molecular flexibility index (Phi) is 5.60. The summed E-state index contributed by atoms with van der Waals surface area (Å²) in [6.45, 7) is 9.62. The van der Waals surface area contributed by atoms with Gasteiger partial charge in [0.1, 0.15) is 0 Å². The minimum absolute atomic E-state index is 0.140. The molecule has 29 heavy (non-hydrogen) atoms. The van der Waals surface area contributed by atoms with Crippen molar-refractivity contribution < 1.29 is 22.7 Å².